The number of furan rings is 1. The van der Waals surface area contributed by atoms with Gasteiger partial charge in [0.15, 0.2) is 17.5 Å². The maximum atomic E-state index is 6.34. The molecule has 0 aliphatic rings. The molecule has 0 unspecified atom stereocenters. The third-order valence-corrected chi connectivity index (χ3v) is 8.35. The predicted molar refractivity (Wildman–Crippen MR) is 182 cm³/mol. The van der Waals surface area contributed by atoms with E-state index in [1.165, 1.54) is 0 Å². The topological polar surface area (TPSA) is 64.7 Å². The Morgan fingerprint density at radius 2 is 1.09 bits per heavy atom. The van der Waals surface area contributed by atoms with E-state index in [9.17, 15) is 0 Å². The normalized spacial score (nSPS) is 11.6. The highest BCUT2D eigenvalue weighted by Crippen LogP contribution is 2.41. The van der Waals surface area contributed by atoms with Crippen molar-refractivity contribution in [3.63, 3.8) is 0 Å². The van der Waals surface area contributed by atoms with Gasteiger partial charge >= 0.3 is 0 Å². The van der Waals surface area contributed by atoms with Crippen LogP contribution in [-0.2, 0) is 0 Å². The molecule has 0 fully saturated rings. The molecule has 3 heterocycles. The van der Waals surface area contributed by atoms with E-state index < -0.39 is 0 Å². The van der Waals surface area contributed by atoms with Crippen LogP contribution in [0.15, 0.2) is 150 Å². The second-order valence-electron chi connectivity index (χ2n) is 11.1. The van der Waals surface area contributed by atoms with Gasteiger partial charge in [-0.05, 0) is 46.2 Å². The Morgan fingerprint density at radius 1 is 0.422 bits per heavy atom. The predicted octanol–water partition coefficient (Wildman–Crippen LogP) is 10.1. The van der Waals surface area contributed by atoms with Crippen molar-refractivity contribution < 1.29 is 4.42 Å². The molecule has 0 saturated heterocycles. The molecule has 5 nitrogen and oxygen atoms in total. The lowest BCUT2D eigenvalue weighted by atomic mass is 9.93. The molecular formula is C40H24N4O. The van der Waals surface area contributed by atoms with Crippen molar-refractivity contribution in [3.05, 3.63) is 146 Å². The highest BCUT2D eigenvalue weighted by Gasteiger charge is 2.17. The summed E-state index contributed by atoms with van der Waals surface area (Å²) in [6, 6.07) is 47.6. The molecule has 6 aromatic carbocycles. The largest absolute Gasteiger partial charge is 0.456 e. The first-order valence-corrected chi connectivity index (χ1v) is 14.9. The van der Waals surface area contributed by atoms with Gasteiger partial charge in [-0.1, -0.05) is 109 Å². The van der Waals surface area contributed by atoms with Gasteiger partial charge in [-0.2, -0.15) is 0 Å². The number of hydrogen-bond donors (Lipinski definition) is 0. The second kappa shape index (κ2) is 10.2. The van der Waals surface area contributed by atoms with Gasteiger partial charge < -0.3 is 4.42 Å². The summed E-state index contributed by atoms with van der Waals surface area (Å²) in [6.45, 7) is 0. The third kappa shape index (κ3) is 4.33. The third-order valence-electron chi connectivity index (χ3n) is 8.35. The van der Waals surface area contributed by atoms with Crippen molar-refractivity contribution in [1.29, 1.82) is 0 Å². The fourth-order valence-corrected chi connectivity index (χ4v) is 6.21. The van der Waals surface area contributed by atoms with E-state index in [2.05, 4.69) is 65.6 Å². The summed E-state index contributed by atoms with van der Waals surface area (Å²) in [7, 11) is 0. The van der Waals surface area contributed by atoms with Gasteiger partial charge in [-0.3, -0.25) is 4.98 Å². The summed E-state index contributed by atoms with van der Waals surface area (Å²) in [4.78, 5) is 19.3. The number of rotatable bonds is 4. The van der Waals surface area contributed by atoms with E-state index in [-0.39, 0.29) is 0 Å². The first kappa shape index (κ1) is 25.3. The molecule has 210 valence electrons. The standard InChI is InChI=1S/C40H24N4O/c1-3-10-25(11-4-1)38-42-39(26-12-5-2-6-13-26)44-40(43-38)29-19-20-30-27(22-29)14-7-16-31(30)32-17-8-18-35-37(32)33-23-28-15-9-21-41-34(28)24-36(33)45-35/h1-24H. The van der Waals surface area contributed by atoms with Crippen LogP contribution >= 0.6 is 0 Å². The Balaban J connectivity index is 1.22. The molecule has 0 aliphatic heterocycles. The van der Waals surface area contributed by atoms with Crippen molar-refractivity contribution in [2.75, 3.05) is 0 Å². The molecule has 0 saturated carbocycles. The van der Waals surface area contributed by atoms with E-state index >= 15 is 0 Å². The number of nitrogens with zero attached hydrogens (tertiary/aromatic N) is 4. The number of benzene rings is 6. The van der Waals surface area contributed by atoms with Crippen LogP contribution in [0.1, 0.15) is 0 Å². The quantitative estimate of drug-likeness (QED) is 0.209. The Bertz CT molecular complexity index is 2480. The van der Waals surface area contributed by atoms with Gasteiger partial charge in [0.1, 0.15) is 11.2 Å². The molecule has 5 heteroatoms. The van der Waals surface area contributed by atoms with Gasteiger partial charge in [-0.15, -0.1) is 0 Å². The van der Waals surface area contributed by atoms with E-state index in [1.807, 2.05) is 85.1 Å². The Kier molecular flexibility index (Phi) is 5.74. The molecule has 0 bridgehead atoms. The fraction of sp³-hybridized carbons (Fsp3) is 0. The molecule has 0 radical (unpaired) electrons. The molecule has 45 heavy (non-hydrogen) atoms. The summed E-state index contributed by atoms with van der Waals surface area (Å²) in [5, 5.41) is 5.53. The molecule has 0 N–H and O–H groups in total. The molecule has 0 atom stereocenters. The smallest absolute Gasteiger partial charge is 0.164 e. The number of pyridine rings is 1. The van der Waals surface area contributed by atoms with E-state index in [0.29, 0.717) is 17.5 Å². The van der Waals surface area contributed by atoms with Crippen LogP contribution in [0.5, 0.6) is 0 Å². The van der Waals surface area contributed by atoms with Crippen LogP contribution < -0.4 is 0 Å². The van der Waals surface area contributed by atoms with Gasteiger partial charge in [0.2, 0.25) is 0 Å². The minimum atomic E-state index is 0.637. The highest BCUT2D eigenvalue weighted by molar-refractivity contribution is 6.17. The SMILES string of the molecule is c1ccc(-c2nc(-c3ccccc3)nc(-c3ccc4c(-c5cccc6oc7cc8ncccc8cc7c56)cccc4c3)n2)cc1. The van der Waals surface area contributed by atoms with Crippen LogP contribution in [0.3, 0.4) is 0 Å². The summed E-state index contributed by atoms with van der Waals surface area (Å²) in [5.41, 5.74) is 7.73. The maximum absolute atomic E-state index is 6.34. The second-order valence-corrected chi connectivity index (χ2v) is 11.1. The van der Waals surface area contributed by atoms with Crippen molar-refractivity contribution in [2.45, 2.75) is 0 Å². The van der Waals surface area contributed by atoms with Crippen molar-refractivity contribution >= 4 is 43.6 Å². The Hall–Kier alpha value is -6.20. The minimum Gasteiger partial charge on any atom is -0.456 e. The lowest BCUT2D eigenvalue weighted by Gasteiger charge is -2.11. The Morgan fingerprint density at radius 3 is 1.84 bits per heavy atom. The van der Waals surface area contributed by atoms with Gasteiger partial charge in [0.05, 0.1) is 5.52 Å². The van der Waals surface area contributed by atoms with Crippen molar-refractivity contribution in [2.24, 2.45) is 0 Å². The first-order valence-electron chi connectivity index (χ1n) is 14.9. The fourth-order valence-electron chi connectivity index (χ4n) is 6.21. The zero-order valence-corrected chi connectivity index (χ0v) is 24.1. The first-order chi connectivity index (χ1) is 22.3. The van der Waals surface area contributed by atoms with Crippen LogP contribution in [0.25, 0.3) is 88.9 Å². The van der Waals surface area contributed by atoms with Gasteiger partial charge in [0, 0.05) is 45.1 Å². The van der Waals surface area contributed by atoms with Crippen molar-refractivity contribution in [3.8, 4) is 45.3 Å². The number of aromatic nitrogens is 4. The zero-order chi connectivity index (χ0) is 29.7. The monoisotopic (exact) mass is 576 g/mol. The van der Waals surface area contributed by atoms with Crippen LogP contribution in [-0.4, -0.2) is 19.9 Å². The van der Waals surface area contributed by atoms with Gasteiger partial charge in [-0.25, -0.2) is 15.0 Å². The summed E-state index contributed by atoms with van der Waals surface area (Å²) in [6.07, 6.45) is 1.81. The summed E-state index contributed by atoms with van der Waals surface area (Å²) < 4.78 is 6.34. The molecule has 0 aliphatic carbocycles. The lowest BCUT2D eigenvalue weighted by molar-refractivity contribution is 0.669. The number of fused-ring (bicyclic) bond motifs is 5. The summed E-state index contributed by atoms with van der Waals surface area (Å²) >= 11 is 0. The number of hydrogen-bond acceptors (Lipinski definition) is 5. The van der Waals surface area contributed by atoms with Gasteiger partial charge in [0.25, 0.3) is 0 Å². The summed E-state index contributed by atoms with van der Waals surface area (Å²) in [5.74, 6) is 1.93. The maximum Gasteiger partial charge on any atom is 0.164 e. The highest BCUT2D eigenvalue weighted by atomic mass is 16.3. The zero-order valence-electron chi connectivity index (χ0n) is 24.1. The molecule has 0 spiro atoms. The van der Waals surface area contributed by atoms with Crippen molar-refractivity contribution in [1.82, 2.24) is 19.9 Å². The molecular weight excluding hydrogens is 552 g/mol. The van der Waals surface area contributed by atoms with E-state index in [4.69, 9.17) is 19.4 Å². The molecule has 9 aromatic rings. The van der Waals surface area contributed by atoms with E-state index in [0.717, 1.165) is 71.4 Å². The van der Waals surface area contributed by atoms with Crippen LogP contribution in [0.2, 0.25) is 0 Å². The lowest BCUT2D eigenvalue weighted by Crippen LogP contribution is -2.00. The minimum absolute atomic E-state index is 0.637. The average Bonchev–Trinajstić information content (AvgIpc) is 3.48. The van der Waals surface area contributed by atoms with Crippen LogP contribution in [0.4, 0.5) is 0 Å². The van der Waals surface area contributed by atoms with Crippen LogP contribution in [0, 0.1) is 0 Å². The molecule has 0 amide bonds. The van der Waals surface area contributed by atoms with E-state index in [1.54, 1.807) is 0 Å². The molecule has 9 rings (SSSR count). The molecule has 3 aromatic heterocycles. The Labute approximate surface area is 258 Å². The average molecular weight is 577 g/mol.